The Morgan fingerprint density at radius 3 is 2.84 bits per heavy atom. The van der Waals surface area contributed by atoms with Crippen molar-refractivity contribution in [3.8, 4) is 11.4 Å². The van der Waals surface area contributed by atoms with E-state index in [1.165, 1.54) is 12.8 Å². The van der Waals surface area contributed by atoms with Gasteiger partial charge >= 0.3 is 0 Å². The fourth-order valence-corrected chi connectivity index (χ4v) is 3.56. The molecule has 4 rings (SSSR count). The van der Waals surface area contributed by atoms with Gasteiger partial charge in [0.25, 0.3) is 0 Å². The first-order valence-corrected chi connectivity index (χ1v) is 9.12. The number of hydrogen-bond acceptors (Lipinski definition) is 7. The zero-order chi connectivity index (χ0) is 17.1. The number of hydrogen-bond donors (Lipinski definition) is 0. The maximum Gasteiger partial charge on any atom is 0.241 e. The van der Waals surface area contributed by atoms with E-state index in [0.29, 0.717) is 11.7 Å². The Labute approximate surface area is 148 Å². The molecule has 134 valence electrons. The molecule has 7 nitrogen and oxygen atoms in total. The Balaban J connectivity index is 1.41. The summed E-state index contributed by atoms with van der Waals surface area (Å²) in [6.07, 6.45) is 4.38. The molecule has 2 aromatic heterocycles. The Kier molecular flexibility index (Phi) is 4.94. The van der Waals surface area contributed by atoms with Crippen LogP contribution in [-0.4, -0.2) is 59.4 Å². The van der Waals surface area contributed by atoms with E-state index >= 15 is 0 Å². The molecule has 2 aliphatic rings. The van der Waals surface area contributed by atoms with Crippen molar-refractivity contribution in [2.45, 2.75) is 26.3 Å². The van der Waals surface area contributed by atoms with Crippen LogP contribution < -0.4 is 4.90 Å². The molecule has 0 N–H and O–H groups in total. The van der Waals surface area contributed by atoms with Crippen molar-refractivity contribution < 1.29 is 9.26 Å². The summed E-state index contributed by atoms with van der Waals surface area (Å²) in [5, 5.41) is 4.13. The van der Waals surface area contributed by atoms with Gasteiger partial charge in [-0.2, -0.15) is 4.98 Å². The summed E-state index contributed by atoms with van der Waals surface area (Å²) in [6, 6.07) is 4.03. The van der Waals surface area contributed by atoms with Crippen LogP contribution in [-0.2, 0) is 11.3 Å². The van der Waals surface area contributed by atoms with Crippen LogP contribution in [0.15, 0.2) is 22.9 Å². The summed E-state index contributed by atoms with van der Waals surface area (Å²) < 4.78 is 10.8. The SMILES string of the molecule is CC1CCCN(Cc2nc(-c3ccc(N4CCOCC4)nc3)no2)C1. The predicted molar refractivity (Wildman–Crippen MR) is 94.2 cm³/mol. The molecule has 0 spiro atoms. The van der Waals surface area contributed by atoms with E-state index in [9.17, 15) is 0 Å². The third-order valence-corrected chi connectivity index (χ3v) is 4.91. The lowest BCUT2D eigenvalue weighted by Gasteiger charge is -2.29. The number of aromatic nitrogens is 3. The number of ether oxygens (including phenoxy) is 1. The highest BCUT2D eigenvalue weighted by molar-refractivity contribution is 5.55. The highest BCUT2D eigenvalue weighted by atomic mass is 16.5. The highest BCUT2D eigenvalue weighted by Gasteiger charge is 2.19. The Bertz CT molecular complexity index is 681. The monoisotopic (exact) mass is 343 g/mol. The second-order valence-electron chi connectivity index (χ2n) is 7.00. The molecule has 1 atom stereocenters. The van der Waals surface area contributed by atoms with Gasteiger partial charge in [-0.25, -0.2) is 4.98 Å². The van der Waals surface area contributed by atoms with Crippen molar-refractivity contribution in [3.63, 3.8) is 0 Å². The van der Waals surface area contributed by atoms with Gasteiger partial charge in [-0.05, 0) is 37.4 Å². The zero-order valence-corrected chi connectivity index (χ0v) is 14.7. The van der Waals surface area contributed by atoms with E-state index < -0.39 is 0 Å². The van der Waals surface area contributed by atoms with E-state index in [-0.39, 0.29) is 0 Å². The lowest BCUT2D eigenvalue weighted by atomic mass is 10.0. The standard InChI is InChI=1S/C18H25N5O2/c1-14-3-2-6-22(12-14)13-17-20-18(21-25-17)15-4-5-16(19-11-15)23-7-9-24-10-8-23/h4-5,11,14H,2-3,6-10,12-13H2,1H3. The molecule has 25 heavy (non-hydrogen) atoms. The Morgan fingerprint density at radius 1 is 1.20 bits per heavy atom. The van der Waals surface area contributed by atoms with Gasteiger partial charge in [-0.3, -0.25) is 4.90 Å². The van der Waals surface area contributed by atoms with Crippen LogP contribution in [0.4, 0.5) is 5.82 Å². The lowest BCUT2D eigenvalue weighted by molar-refractivity contribution is 0.122. The minimum Gasteiger partial charge on any atom is -0.378 e. The average molecular weight is 343 g/mol. The molecule has 0 saturated carbocycles. The zero-order valence-electron chi connectivity index (χ0n) is 14.7. The van der Waals surface area contributed by atoms with Gasteiger partial charge in [0.05, 0.1) is 19.8 Å². The molecule has 0 radical (unpaired) electrons. The highest BCUT2D eigenvalue weighted by Crippen LogP contribution is 2.21. The number of rotatable bonds is 4. The van der Waals surface area contributed by atoms with Crippen molar-refractivity contribution in [1.29, 1.82) is 0 Å². The van der Waals surface area contributed by atoms with E-state index in [4.69, 9.17) is 9.26 Å². The Morgan fingerprint density at radius 2 is 2.08 bits per heavy atom. The van der Waals surface area contributed by atoms with Crippen LogP contribution in [0.3, 0.4) is 0 Å². The molecule has 0 aromatic carbocycles. The van der Waals surface area contributed by atoms with Gasteiger partial charge in [-0.1, -0.05) is 12.1 Å². The molecule has 2 aromatic rings. The van der Waals surface area contributed by atoms with Gasteiger partial charge < -0.3 is 14.2 Å². The first-order valence-electron chi connectivity index (χ1n) is 9.12. The van der Waals surface area contributed by atoms with Crippen LogP contribution in [0.1, 0.15) is 25.7 Å². The molecule has 2 fully saturated rings. The molecule has 1 unspecified atom stereocenters. The normalized spacial score (nSPS) is 22.3. The summed E-state index contributed by atoms with van der Waals surface area (Å²) in [4.78, 5) is 13.7. The molecular formula is C18H25N5O2. The summed E-state index contributed by atoms with van der Waals surface area (Å²) >= 11 is 0. The van der Waals surface area contributed by atoms with Crippen LogP contribution in [0.25, 0.3) is 11.4 Å². The van der Waals surface area contributed by atoms with Gasteiger partial charge in [0.15, 0.2) is 0 Å². The summed E-state index contributed by atoms with van der Waals surface area (Å²) in [7, 11) is 0. The quantitative estimate of drug-likeness (QED) is 0.843. The number of piperidine rings is 1. The second-order valence-corrected chi connectivity index (χ2v) is 7.00. The molecule has 0 amide bonds. The minimum atomic E-state index is 0.612. The van der Waals surface area contributed by atoms with Crippen LogP contribution >= 0.6 is 0 Å². The van der Waals surface area contributed by atoms with E-state index in [1.807, 2.05) is 18.3 Å². The molecular weight excluding hydrogens is 318 g/mol. The maximum absolute atomic E-state index is 5.45. The van der Waals surface area contributed by atoms with Gasteiger partial charge in [0, 0.05) is 31.4 Å². The summed E-state index contributed by atoms with van der Waals surface area (Å²) in [6.45, 7) is 8.52. The first kappa shape index (κ1) is 16.5. The third kappa shape index (κ3) is 3.99. The van der Waals surface area contributed by atoms with E-state index in [2.05, 4.69) is 31.8 Å². The van der Waals surface area contributed by atoms with Gasteiger partial charge in [-0.15, -0.1) is 0 Å². The van der Waals surface area contributed by atoms with Crippen molar-refractivity contribution in [1.82, 2.24) is 20.0 Å². The van der Waals surface area contributed by atoms with E-state index in [0.717, 1.165) is 63.2 Å². The fraction of sp³-hybridized carbons (Fsp3) is 0.611. The average Bonchev–Trinajstić information content (AvgIpc) is 3.11. The minimum absolute atomic E-state index is 0.612. The first-order chi connectivity index (χ1) is 12.3. The Hall–Kier alpha value is -1.99. The smallest absolute Gasteiger partial charge is 0.241 e. The number of anilines is 1. The topological polar surface area (TPSA) is 67.5 Å². The van der Waals surface area contributed by atoms with Crippen molar-refractivity contribution in [2.24, 2.45) is 5.92 Å². The van der Waals surface area contributed by atoms with Crippen LogP contribution in [0.5, 0.6) is 0 Å². The molecule has 2 aliphatic heterocycles. The number of likely N-dealkylation sites (tertiary alicyclic amines) is 1. The molecule has 4 heterocycles. The van der Waals surface area contributed by atoms with Crippen molar-refractivity contribution >= 4 is 5.82 Å². The molecule has 2 saturated heterocycles. The molecule has 7 heteroatoms. The van der Waals surface area contributed by atoms with Crippen molar-refractivity contribution in [3.05, 3.63) is 24.2 Å². The summed E-state index contributed by atoms with van der Waals surface area (Å²) in [5.41, 5.74) is 0.888. The number of nitrogens with zero attached hydrogens (tertiary/aromatic N) is 5. The fourth-order valence-electron chi connectivity index (χ4n) is 3.56. The number of pyridine rings is 1. The summed E-state index contributed by atoms with van der Waals surface area (Å²) in [5.74, 6) is 3.01. The van der Waals surface area contributed by atoms with Crippen LogP contribution in [0, 0.1) is 5.92 Å². The predicted octanol–water partition coefficient (Wildman–Crippen LogP) is 2.20. The molecule has 0 bridgehead atoms. The van der Waals surface area contributed by atoms with Gasteiger partial charge in [0.1, 0.15) is 5.82 Å². The van der Waals surface area contributed by atoms with E-state index in [1.54, 1.807) is 0 Å². The second kappa shape index (κ2) is 7.49. The van der Waals surface area contributed by atoms with Crippen LogP contribution in [0.2, 0.25) is 0 Å². The van der Waals surface area contributed by atoms with Gasteiger partial charge in [0.2, 0.25) is 11.7 Å². The molecule has 0 aliphatic carbocycles. The van der Waals surface area contributed by atoms with Crippen molar-refractivity contribution in [2.75, 3.05) is 44.3 Å². The number of morpholine rings is 1. The lowest BCUT2D eigenvalue weighted by Crippen LogP contribution is -2.36. The maximum atomic E-state index is 5.45. The largest absolute Gasteiger partial charge is 0.378 e. The third-order valence-electron chi connectivity index (χ3n) is 4.91.